The van der Waals surface area contributed by atoms with Gasteiger partial charge in [0.2, 0.25) is 5.70 Å². The first-order chi connectivity index (χ1) is 16.0. The Labute approximate surface area is 191 Å². The second-order valence-electron chi connectivity index (χ2n) is 8.16. The number of fused-ring (bicyclic) bond motifs is 1. The van der Waals surface area contributed by atoms with Gasteiger partial charge in [-0.15, -0.1) is 4.59 Å². The minimum absolute atomic E-state index is 0.208. The van der Waals surface area contributed by atoms with E-state index >= 15 is 0 Å². The molecular formula is C24H24N7O2+. The largest absolute Gasteiger partial charge is 0.334 e. The summed E-state index contributed by atoms with van der Waals surface area (Å²) in [5, 5.41) is 8.47. The van der Waals surface area contributed by atoms with Gasteiger partial charge in [-0.2, -0.15) is 10.8 Å². The van der Waals surface area contributed by atoms with Crippen molar-refractivity contribution in [3.63, 3.8) is 0 Å². The number of amidine groups is 1. The summed E-state index contributed by atoms with van der Waals surface area (Å²) in [5.74, 6) is 6.71. The molecule has 5 rings (SSSR count). The molecule has 0 spiro atoms. The Bertz CT molecular complexity index is 1230. The van der Waals surface area contributed by atoms with Crippen LogP contribution in [0.25, 0.3) is 0 Å². The van der Waals surface area contributed by atoms with Crippen LogP contribution in [0.1, 0.15) is 18.4 Å². The van der Waals surface area contributed by atoms with Crippen LogP contribution in [-0.2, 0) is 11.3 Å². The summed E-state index contributed by atoms with van der Waals surface area (Å²) in [6, 6.07) is 16.2. The number of aliphatic imine (C=N–C) groups is 2. The van der Waals surface area contributed by atoms with E-state index in [-0.39, 0.29) is 22.4 Å². The van der Waals surface area contributed by atoms with Gasteiger partial charge in [-0.05, 0) is 42.7 Å². The fourth-order valence-electron chi connectivity index (χ4n) is 3.83. The van der Waals surface area contributed by atoms with Crippen LogP contribution in [0.3, 0.4) is 0 Å². The standard InChI is InChI=1S/C24H23N7O2/c25-31-12-11-26-15-20(31)21(17-9-10-17)30-22(31)23(32)28-19-8-4-5-16(13-19)14-27-24(33)29-18-6-2-1-3-7-18/h1-8,11-13,15,17H,9-10,14,25H2,(H2-,27,28,29,32,33)/p+1. The maximum Gasteiger partial charge on any atom is 0.333 e. The van der Waals surface area contributed by atoms with Crippen LogP contribution >= 0.6 is 0 Å². The molecule has 2 aliphatic heterocycles. The highest BCUT2D eigenvalue weighted by atomic mass is 16.2. The zero-order valence-electron chi connectivity index (χ0n) is 17.9. The van der Waals surface area contributed by atoms with E-state index in [1.807, 2.05) is 42.5 Å². The highest BCUT2D eigenvalue weighted by Gasteiger charge is 2.50. The summed E-state index contributed by atoms with van der Waals surface area (Å²) >= 11 is 0. The lowest BCUT2D eigenvalue weighted by Crippen LogP contribution is -2.56. The lowest BCUT2D eigenvalue weighted by molar-refractivity contribution is -0.749. The van der Waals surface area contributed by atoms with Crippen LogP contribution in [-0.4, -0.2) is 28.6 Å². The number of rotatable bonds is 6. The van der Waals surface area contributed by atoms with Gasteiger partial charge in [0.25, 0.3) is 0 Å². The molecule has 1 saturated carbocycles. The number of quaternary nitrogens is 1. The number of hydrogen-bond acceptors (Lipinski definition) is 5. The molecule has 9 heteroatoms. The lowest BCUT2D eigenvalue weighted by Gasteiger charge is -2.25. The van der Waals surface area contributed by atoms with E-state index in [0.717, 1.165) is 29.8 Å². The van der Waals surface area contributed by atoms with Gasteiger partial charge in [-0.1, -0.05) is 30.3 Å². The van der Waals surface area contributed by atoms with E-state index < -0.39 is 0 Å². The molecule has 0 bridgehead atoms. The third-order valence-corrected chi connectivity index (χ3v) is 5.66. The zero-order chi connectivity index (χ0) is 22.8. The molecule has 1 aliphatic carbocycles. The molecule has 166 valence electrons. The molecule has 1 atom stereocenters. The molecule has 33 heavy (non-hydrogen) atoms. The molecule has 0 saturated heterocycles. The maximum absolute atomic E-state index is 13.1. The van der Waals surface area contributed by atoms with Crippen molar-refractivity contribution in [2.45, 2.75) is 19.4 Å². The molecule has 0 aromatic heterocycles. The van der Waals surface area contributed by atoms with Crippen molar-refractivity contribution < 1.29 is 14.2 Å². The van der Waals surface area contributed by atoms with Gasteiger partial charge in [0, 0.05) is 23.8 Å². The molecule has 2 aromatic rings. The zero-order valence-corrected chi connectivity index (χ0v) is 17.9. The van der Waals surface area contributed by atoms with E-state index in [9.17, 15) is 9.59 Å². The third kappa shape index (κ3) is 4.32. The molecule has 3 amide bonds. The van der Waals surface area contributed by atoms with Crippen LogP contribution in [0.2, 0.25) is 0 Å². The maximum atomic E-state index is 13.1. The fourth-order valence-corrected chi connectivity index (χ4v) is 3.83. The summed E-state index contributed by atoms with van der Waals surface area (Å²) in [4.78, 5) is 34.0. The van der Waals surface area contributed by atoms with Crippen molar-refractivity contribution in [1.82, 2.24) is 5.32 Å². The highest BCUT2D eigenvalue weighted by Crippen LogP contribution is 2.43. The Hall–Kier alpha value is -4.08. The molecule has 2 heterocycles. The quantitative estimate of drug-likeness (QED) is 0.406. The number of carbonyl (C=O) groups is 2. The van der Waals surface area contributed by atoms with Crippen molar-refractivity contribution in [2.75, 3.05) is 10.6 Å². The van der Waals surface area contributed by atoms with Crippen LogP contribution in [0.5, 0.6) is 0 Å². The molecular weight excluding hydrogens is 418 g/mol. The van der Waals surface area contributed by atoms with Crippen molar-refractivity contribution in [3.05, 3.63) is 84.0 Å². The topological polar surface area (TPSA) is 121 Å². The molecule has 3 aliphatic rings. The molecule has 1 unspecified atom stereocenters. The number of amides is 3. The number of allylic oxidation sites excluding steroid dienone is 2. The van der Waals surface area contributed by atoms with E-state index in [0.29, 0.717) is 23.8 Å². The van der Waals surface area contributed by atoms with Crippen molar-refractivity contribution in [1.29, 1.82) is 0 Å². The second-order valence-corrected chi connectivity index (χ2v) is 8.16. The van der Waals surface area contributed by atoms with E-state index in [1.165, 1.54) is 0 Å². The molecule has 9 nitrogen and oxygen atoms in total. The number of urea groups is 1. The van der Waals surface area contributed by atoms with E-state index in [1.54, 1.807) is 30.7 Å². The van der Waals surface area contributed by atoms with Crippen molar-refractivity contribution in [3.8, 4) is 0 Å². The van der Waals surface area contributed by atoms with E-state index in [4.69, 9.17) is 5.84 Å². The highest BCUT2D eigenvalue weighted by molar-refractivity contribution is 6.40. The van der Waals surface area contributed by atoms with Gasteiger partial charge in [0.15, 0.2) is 0 Å². The molecule has 0 radical (unpaired) electrons. The first-order valence-electron chi connectivity index (χ1n) is 10.8. The van der Waals surface area contributed by atoms with Crippen LogP contribution in [0.4, 0.5) is 16.2 Å². The summed E-state index contributed by atoms with van der Waals surface area (Å²) in [6.45, 7) is 0.303. The minimum atomic E-state index is -0.377. The number of anilines is 2. The Morgan fingerprint density at radius 1 is 1.03 bits per heavy atom. The van der Waals surface area contributed by atoms with E-state index in [2.05, 4.69) is 25.9 Å². The minimum Gasteiger partial charge on any atom is -0.334 e. The number of nitrogens with zero attached hydrogens (tertiary/aromatic N) is 3. The number of hydrogen-bond donors (Lipinski definition) is 4. The van der Waals surface area contributed by atoms with Crippen LogP contribution < -0.4 is 21.8 Å². The predicted molar refractivity (Wildman–Crippen MR) is 127 cm³/mol. The van der Waals surface area contributed by atoms with Gasteiger partial charge < -0.3 is 16.0 Å². The summed E-state index contributed by atoms with van der Waals surface area (Å²) < 4.78 is -0.276. The SMILES string of the molecule is N[N+]12C=CN=CC1=C(C1CC1)N=C2C(=O)Nc1cccc(CNC(=O)Nc2ccccc2)c1. The Morgan fingerprint density at radius 2 is 1.82 bits per heavy atom. The van der Waals surface area contributed by atoms with Crippen LogP contribution in [0, 0.1) is 5.92 Å². The Balaban J connectivity index is 1.24. The van der Waals surface area contributed by atoms with Crippen LogP contribution in [0.15, 0.2) is 88.4 Å². The average Bonchev–Trinajstić information content (AvgIpc) is 3.60. The van der Waals surface area contributed by atoms with Gasteiger partial charge in [0.1, 0.15) is 11.9 Å². The number of nitrogens with one attached hydrogen (secondary N) is 3. The van der Waals surface area contributed by atoms with Gasteiger partial charge in [-0.3, -0.25) is 9.79 Å². The average molecular weight is 443 g/mol. The first kappa shape index (κ1) is 20.8. The Morgan fingerprint density at radius 3 is 2.61 bits per heavy atom. The molecule has 2 aromatic carbocycles. The Kier molecular flexibility index (Phi) is 5.33. The van der Waals surface area contributed by atoms with Gasteiger partial charge in [0.05, 0.1) is 12.4 Å². The number of nitrogens with two attached hydrogens (primary N) is 1. The number of para-hydroxylation sites is 1. The summed E-state index contributed by atoms with van der Waals surface area (Å²) in [5.41, 5.74) is 3.73. The van der Waals surface area contributed by atoms with Crippen molar-refractivity contribution >= 4 is 35.4 Å². The van der Waals surface area contributed by atoms with Gasteiger partial charge >= 0.3 is 17.8 Å². The normalized spacial score (nSPS) is 20.8. The second kappa shape index (κ2) is 8.45. The molecule has 1 fully saturated rings. The summed E-state index contributed by atoms with van der Waals surface area (Å²) in [6.07, 6.45) is 7.01. The van der Waals surface area contributed by atoms with Crippen molar-refractivity contribution in [2.24, 2.45) is 21.7 Å². The number of carbonyl (C=O) groups excluding carboxylic acids is 2. The predicted octanol–water partition coefficient (Wildman–Crippen LogP) is 3.23. The van der Waals surface area contributed by atoms with Gasteiger partial charge in [-0.25, -0.2) is 4.79 Å². The number of benzene rings is 2. The third-order valence-electron chi connectivity index (χ3n) is 5.66. The smallest absolute Gasteiger partial charge is 0.333 e. The fraction of sp³-hybridized carbons (Fsp3) is 0.167. The summed E-state index contributed by atoms with van der Waals surface area (Å²) in [7, 11) is 0. The first-order valence-corrected chi connectivity index (χ1v) is 10.8. The lowest BCUT2D eigenvalue weighted by atomic mass is 10.2. The monoisotopic (exact) mass is 442 g/mol. The molecule has 5 N–H and O–H groups in total.